The third kappa shape index (κ3) is 10.5. The molecular formula is C18H18N6S2Zn. The minimum atomic E-state index is 0. The Morgan fingerprint density at radius 2 is 1.07 bits per heavy atom. The normalized spacial score (nSPS) is 12.1. The van der Waals surface area contributed by atoms with Crippen LogP contribution < -0.4 is 10.6 Å². The van der Waals surface area contributed by atoms with Gasteiger partial charge in [-0.2, -0.15) is 20.4 Å². The van der Waals surface area contributed by atoms with E-state index < -0.39 is 0 Å². The SMILES string of the molecule is [S-]C(=NN=CC=NN=C([S-])NCc1ccccc1)NCc1ccccc1.[Zn+2]. The Morgan fingerprint density at radius 1 is 0.704 bits per heavy atom. The van der Waals surface area contributed by atoms with Gasteiger partial charge in [0.15, 0.2) is 0 Å². The topological polar surface area (TPSA) is 73.5 Å². The summed E-state index contributed by atoms with van der Waals surface area (Å²) < 4.78 is 0. The van der Waals surface area contributed by atoms with Crippen molar-refractivity contribution in [1.82, 2.24) is 10.6 Å². The van der Waals surface area contributed by atoms with Gasteiger partial charge in [0.2, 0.25) is 0 Å². The first-order valence-corrected chi connectivity index (χ1v) is 8.66. The third-order valence-corrected chi connectivity index (χ3v) is 3.52. The largest absolute Gasteiger partial charge is 2.00 e. The molecule has 0 aliphatic carbocycles. The minimum Gasteiger partial charge on any atom is -0.741 e. The van der Waals surface area contributed by atoms with Crippen LogP contribution in [-0.4, -0.2) is 22.8 Å². The van der Waals surface area contributed by atoms with E-state index >= 15 is 0 Å². The Morgan fingerprint density at radius 3 is 1.44 bits per heavy atom. The molecule has 0 amide bonds. The fourth-order valence-corrected chi connectivity index (χ4v) is 2.09. The van der Waals surface area contributed by atoms with Gasteiger partial charge in [0.25, 0.3) is 0 Å². The first kappa shape index (κ1) is 22.8. The molecule has 0 fully saturated rings. The summed E-state index contributed by atoms with van der Waals surface area (Å²) in [7, 11) is 0. The van der Waals surface area contributed by atoms with Gasteiger partial charge in [-0.1, -0.05) is 60.7 Å². The molecule has 2 N–H and O–H groups in total. The average molecular weight is 448 g/mol. The summed E-state index contributed by atoms with van der Waals surface area (Å²) in [4.78, 5) is 0. The molecule has 0 saturated heterocycles. The summed E-state index contributed by atoms with van der Waals surface area (Å²) >= 11 is 10.1. The molecule has 9 heteroatoms. The van der Waals surface area contributed by atoms with Crippen LogP contribution in [0.5, 0.6) is 0 Å². The maximum atomic E-state index is 5.06. The molecule has 0 unspecified atom stereocenters. The number of amidine groups is 2. The molecule has 6 nitrogen and oxygen atoms in total. The van der Waals surface area contributed by atoms with Crippen molar-refractivity contribution in [2.75, 3.05) is 0 Å². The van der Waals surface area contributed by atoms with E-state index in [9.17, 15) is 0 Å². The monoisotopic (exact) mass is 446 g/mol. The molecule has 0 aliphatic rings. The zero-order valence-electron chi connectivity index (χ0n) is 14.7. The van der Waals surface area contributed by atoms with E-state index in [4.69, 9.17) is 25.3 Å². The van der Waals surface area contributed by atoms with E-state index in [1.165, 1.54) is 12.4 Å². The van der Waals surface area contributed by atoms with Gasteiger partial charge >= 0.3 is 19.5 Å². The van der Waals surface area contributed by atoms with Gasteiger partial charge in [0.1, 0.15) is 0 Å². The second-order valence-corrected chi connectivity index (χ2v) is 5.79. The van der Waals surface area contributed by atoms with E-state index in [-0.39, 0.29) is 19.5 Å². The second-order valence-electron chi connectivity index (χ2n) is 5.02. The summed E-state index contributed by atoms with van der Waals surface area (Å²) in [6, 6.07) is 19.8. The Kier molecular flexibility index (Phi) is 11.8. The van der Waals surface area contributed by atoms with Crippen molar-refractivity contribution in [3.63, 3.8) is 0 Å². The average Bonchev–Trinajstić information content (AvgIpc) is 2.69. The van der Waals surface area contributed by atoms with Crippen molar-refractivity contribution in [2.24, 2.45) is 20.4 Å². The Balaban J connectivity index is 0.00000364. The molecule has 2 aromatic carbocycles. The number of rotatable bonds is 7. The number of nitrogens with one attached hydrogen (secondary N) is 2. The molecule has 27 heavy (non-hydrogen) atoms. The van der Waals surface area contributed by atoms with Gasteiger partial charge < -0.3 is 35.9 Å². The van der Waals surface area contributed by atoms with Crippen molar-refractivity contribution in [3.05, 3.63) is 71.8 Å². The summed E-state index contributed by atoms with van der Waals surface area (Å²) in [6.07, 6.45) is 2.78. The Labute approximate surface area is 182 Å². The van der Waals surface area contributed by atoms with Crippen LogP contribution in [-0.2, 0) is 57.8 Å². The molecule has 0 heterocycles. The van der Waals surface area contributed by atoms with Gasteiger partial charge in [-0.05, 0) is 21.5 Å². The van der Waals surface area contributed by atoms with Crippen molar-refractivity contribution >= 4 is 48.0 Å². The van der Waals surface area contributed by atoms with Crippen LogP contribution >= 0.6 is 0 Å². The van der Waals surface area contributed by atoms with E-state index in [0.717, 1.165) is 11.1 Å². The molecule has 2 rings (SSSR count). The van der Waals surface area contributed by atoms with Gasteiger partial charge in [0, 0.05) is 13.1 Å². The maximum Gasteiger partial charge on any atom is 2.00 e. The molecule has 134 valence electrons. The summed E-state index contributed by atoms with van der Waals surface area (Å²) in [6.45, 7) is 1.20. The van der Waals surface area contributed by atoms with Crippen LogP contribution in [0.2, 0.25) is 0 Å². The molecule has 0 saturated carbocycles. The molecule has 2 aromatic rings. The molecule has 0 radical (unpaired) electrons. The minimum absolute atomic E-state index is 0. The molecule has 0 aliphatic heterocycles. The molecule has 0 spiro atoms. The van der Waals surface area contributed by atoms with Crippen LogP contribution in [0, 0.1) is 0 Å². The van der Waals surface area contributed by atoms with Gasteiger partial charge in [-0.15, -0.1) is 0 Å². The first-order chi connectivity index (χ1) is 12.7. The zero-order valence-corrected chi connectivity index (χ0v) is 19.3. The van der Waals surface area contributed by atoms with Crippen LogP contribution in [0.25, 0.3) is 0 Å². The van der Waals surface area contributed by atoms with Crippen LogP contribution in [0.1, 0.15) is 11.1 Å². The number of benzene rings is 2. The number of nitrogens with zero attached hydrogens (tertiary/aromatic N) is 4. The molecule has 0 atom stereocenters. The summed E-state index contributed by atoms with van der Waals surface area (Å²) in [5.41, 5.74) is 2.23. The van der Waals surface area contributed by atoms with Gasteiger partial charge in [0.05, 0.1) is 12.4 Å². The van der Waals surface area contributed by atoms with Crippen molar-refractivity contribution in [1.29, 1.82) is 0 Å². The van der Waals surface area contributed by atoms with Gasteiger partial charge in [-0.3, -0.25) is 0 Å². The second kappa shape index (κ2) is 13.9. The zero-order chi connectivity index (χ0) is 18.5. The fraction of sp³-hybridized carbons (Fsp3) is 0.111. The predicted octanol–water partition coefficient (Wildman–Crippen LogP) is 2.34. The van der Waals surface area contributed by atoms with Gasteiger partial charge in [-0.25, -0.2) is 0 Å². The maximum absolute atomic E-state index is 5.06. The predicted molar refractivity (Wildman–Crippen MR) is 113 cm³/mol. The fourth-order valence-electron chi connectivity index (χ4n) is 1.85. The molecule has 0 aromatic heterocycles. The van der Waals surface area contributed by atoms with E-state index in [1.54, 1.807) is 0 Å². The Bertz CT molecular complexity index is 711. The van der Waals surface area contributed by atoms with Crippen LogP contribution in [0.15, 0.2) is 81.1 Å². The summed E-state index contributed by atoms with van der Waals surface area (Å²) in [5.74, 6) is 0. The number of hydrogen-bond donors (Lipinski definition) is 2. The molecule has 0 bridgehead atoms. The third-order valence-electron chi connectivity index (χ3n) is 3.07. The van der Waals surface area contributed by atoms with Crippen LogP contribution in [0.4, 0.5) is 0 Å². The van der Waals surface area contributed by atoms with Crippen LogP contribution in [0.3, 0.4) is 0 Å². The summed E-state index contributed by atoms with van der Waals surface area (Å²) in [5, 5.41) is 21.9. The van der Waals surface area contributed by atoms with E-state index in [1.807, 2.05) is 60.7 Å². The standard InChI is InChI=1S/C18H20N6S2.Zn/c25-17(19-13-15-7-3-1-4-8-15)23-21-11-12-22-24-18(26)20-14-16-9-5-2-6-10-16;/h1-12H,13-14H2,(H2,19,23,25)(H2,20,24,26);/q;+2/p-2. The number of hydrogen-bond acceptors (Lipinski definition) is 6. The molecular weight excluding hydrogens is 430 g/mol. The van der Waals surface area contributed by atoms with E-state index in [0.29, 0.717) is 23.4 Å². The smallest absolute Gasteiger partial charge is 0.741 e. The van der Waals surface area contributed by atoms with Crippen molar-refractivity contribution < 1.29 is 19.5 Å². The van der Waals surface area contributed by atoms with Crippen molar-refractivity contribution in [2.45, 2.75) is 13.1 Å². The first-order valence-electron chi connectivity index (χ1n) is 7.84. The van der Waals surface area contributed by atoms with E-state index in [2.05, 4.69) is 31.0 Å². The van der Waals surface area contributed by atoms with Crippen molar-refractivity contribution in [3.8, 4) is 0 Å². The quantitative estimate of drug-likeness (QED) is 0.225. The Hall–Kier alpha value is -2.22.